The summed E-state index contributed by atoms with van der Waals surface area (Å²) in [5.41, 5.74) is 2.65. The van der Waals surface area contributed by atoms with Crippen molar-refractivity contribution in [2.45, 2.75) is 45.8 Å². The molecule has 0 aliphatic carbocycles. The predicted molar refractivity (Wildman–Crippen MR) is 85.1 cm³/mol. The SMILES string of the molecule is CC(C)NCc1ccncc1N1CCCN(C)CC1C. The van der Waals surface area contributed by atoms with Crippen molar-refractivity contribution in [2.75, 3.05) is 31.6 Å². The quantitative estimate of drug-likeness (QED) is 0.912. The van der Waals surface area contributed by atoms with Crippen LogP contribution in [0.3, 0.4) is 0 Å². The van der Waals surface area contributed by atoms with E-state index in [1.165, 1.54) is 24.2 Å². The van der Waals surface area contributed by atoms with E-state index in [1.54, 1.807) is 0 Å². The molecule has 1 aliphatic rings. The van der Waals surface area contributed by atoms with Crippen LogP contribution in [-0.4, -0.2) is 48.6 Å². The zero-order chi connectivity index (χ0) is 14.5. The lowest BCUT2D eigenvalue weighted by Gasteiger charge is -2.31. The standard InChI is InChI=1S/C16H28N4/c1-13(2)18-10-15-6-7-17-11-16(15)20-9-5-8-19(4)12-14(20)3/h6-7,11,13-14,18H,5,8-10,12H2,1-4H3. The highest BCUT2D eigenvalue weighted by atomic mass is 15.2. The molecule has 1 aliphatic heterocycles. The van der Waals surface area contributed by atoms with E-state index in [-0.39, 0.29) is 0 Å². The summed E-state index contributed by atoms with van der Waals surface area (Å²) in [5, 5.41) is 3.52. The Balaban J connectivity index is 2.17. The number of nitrogens with one attached hydrogen (secondary N) is 1. The number of rotatable bonds is 4. The summed E-state index contributed by atoms with van der Waals surface area (Å²) in [6, 6.07) is 3.18. The summed E-state index contributed by atoms with van der Waals surface area (Å²) in [6.07, 6.45) is 5.14. The Hall–Kier alpha value is -1.13. The molecule has 1 aromatic heterocycles. The molecule has 0 aromatic carbocycles. The van der Waals surface area contributed by atoms with Gasteiger partial charge in [0, 0.05) is 37.9 Å². The number of hydrogen-bond acceptors (Lipinski definition) is 4. The Morgan fingerprint density at radius 3 is 2.95 bits per heavy atom. The molecule has 0 amide bonds. The van der Waals surface area contributed by atoms with Crippen LogP contribution in [-0.2, 0) is 6.54 Å². The van der Waals surface area contributed by atoms with Crippen LogP contribution in [0.25, 0.3) is 0 Å². The average molecular weight is 276 g/mol. The lowest BCUT2D eigenvalue weighted by molar-refractivity contribution is 0.337. The Morgan fingerprint density at radius 1 is 1.40 bits per heavy atom. The van der Waals surface area contributed by atoms with E-state index in [1.807, 2.05) is 12.4 Å². The Bertz CT molecular complexity index is 419. The molecule has 0 radical (unpaired) electrons. The third kappa shape index (κ3) is 3.93. The molecule has 2 rings (SSSR count). The highest BCUT2D eigenvalue weighted by Gasteiger charge is 2.21. The fourth-order valence-corrected chi connectivity index (χ4v) is 2.87. The van der Waals surface area contributed by atoms with Crippen LogP contribution in [0.4, 0.5) is 5.69 Å². The lowest BCUT2D eigenvalue weighted by Crippen LogP contribution is -2.38. The molecule has 0 spiro atoms. The Labute approximate surface area is 123 Å². The molecule has 20 heavy (non-hydrogen) atoms. The van der Waals surface area contributed by atoms with Gasteiger partial charge in [0.15, 0.2) is 0 Å². The van der Waals surface area contributed by atoms with Crippen LogP contribution in [0.1, 0.15) is 32.8 Å². The first kappa shape index (κ1) is 15.3. The van der Waals surface area contributed by atoms with Gasteiger partial charge in [0.2, 0.25) is 0 Å². The molecule has 1 aromatic rings. The van der Waals surface area contributed by atoms with Crippen LogP contribution in [0.2, 0.25) is 0 Å². The van der Waals surface area contributed by atoms with Gasteiger partial charge in [0.25, 0.3) is 0 Å². The predicted octanol–water partition coefficient (Wildman–Crippen LogP) is 2.11. The minimum Gasteiger partial charge on any atom is -0.366 e. The summed E-state index contributed by atoms with van der Waals surface area (Å²) in [4.78, 5) is 9.29. The van der Waals surface area contributed by atoms with Crippen molar-refractivity contribution in [1.29, 1.82) is 0 Å². The third-order valence-electron chi connectivity index (χ3n) is 3.94. The van der Waals surface area contributed by atoms with Gasteiger partial charge < -0.3 is 15.1 Å². The van der Waals surface area contributed by atoms with Gasteiger partial charge in [-0.1, -0.05) is 13.8 Å². The minimum absolute atomic E-state index is 0.503. The van der Waals surface area contributed by atoms with Crippen molar-refractivity contribution in [3.63, 3.8) is 0 Å². The summed E-state index contributed by atoms with van der Waals surface area (Å²) in [5.74, 6) is 0. The van der Waals surface area contributed by atoms with E-state index in [2.05, 4.69) is 54.0 Å². The van der Waals surface area contributed by atoms with Crippen molar-refractivity contribution >= 4 is 5.69 Å². The third-order valence-corrected chi connectivity index (χ3v) is 3.94. The number of pyridine rings is 1. The monoisotopic (exact) mass is 276 g/mol. The van der Waals surface area contributed by atoms with Crippen LogP contribution in [0, 0.1) is 0 Å². The van der Waals surface area contributed by atoms with Gasteiger partial charge in [-0.25, -0.2) is 0 Å². The zero-order valence-electron chi connectivity index (χ0n) is 13.3. The summed E-state index contributed by atoms with van der Waals surface area (Å²) in [6.45, 7) is 11.0. The number of likely N-dealkylation sites (N-methyl/N-ethyl adjacent to an activating group) is 1. The van der Waals surface area contributed by atoms with Crippen LogP contribution < -0.4 is 10.2 Å². The maximum absolute atomic E-state index is 4.35. The fraction of sp³-hybridized carbons (Fsp3) is 0.688. The van der Waals surface area contributed by atoms with E-state index in [4.69, 9.17) is 0 Å². The molecule has 1 N–H and O–H groups in total. The zero-order valence-corrected chi connectivity index (χ0v) is 13.3. The van der Waals surface area contributed by atoms with Crippen molar-refractivity contribution in [1.82, 2.24) is 15.2 Å². The Kier molecular flexibility index (Phi) is 5.38. The number of anilines is 1. The van der Waals surface area contributed by atoms with Crippen LogP contribution in [0.5, 0.6) is 0 Å². The van der Waals surface area contributed by atoms with Gasteiger partial charge in [-0.15, -0.1) is 0 Å². The molecule has 4 nitrogen and oxygen atoms in total. The molecule has 2 heterocycles. The number of nitrogens with zero attached hydrogens (tertiary/aromatic N) is 3. The molecule has 0 bridgehead atoms. The van der Waals surface area contributed by atoms with Gasteiger partial charge in [0.1, 0.15) is 0 Å². The first-order chi connectivity index (χ1) is 9.58. The molecule has 1 fully saturated rings. The van der Waals surface area contributed by atoms with E-state index in [0.29, 0.717) is 12.1 Å². The van der Waals surface area contributed by atoms with E-state index in [9.17, 15) is 0 Å². The van der Waals surface area contributed by atoms with Gasteiger partial charge in [0.05, 0.1) is 11.9 Å². The topological polar surface area (TPSA) is 31.4 Å². The van der Waals surface area contributed by atoms with Crippen molar-refractivity contribution in [3.8, 4) is 0 Å². The molecule has 0 saturated carbocycles. The summed E-state index contributed by atoms with van der Waals surface area (Å²) in [7, 11) is 2.21. The smallest absolute Gasteiger partial charge is 0.0601 e. The molecule has 4 heteroatoms. The molecule has 1 saturated heterocycles. The average Bonchev–Trinajstić information content (AvgIpc) is 2.57. The van der Waals surface area contributed by atoms with Gasteiger partial charge in [-0.05, 0) is 38.6 Å². The largest absolute Gasteiger partial charge is 0.366 e. The maximum atomic E-state index is 4.35. The second kappa shape index (κ2) is 7.04. The van der Waals surface area contributed by atoms with Gasteiger partial charge >= 0.3 is 0 Å². The minimum atomic E-state index is 0.503. The van der Waals surface area contributed by atoms with E-state index >= 15 is 0 Å². The second-order valence-corrected chi connectivity index (χ2v) is 6.20. The molecule has 1 unspecified atom stereocenters. The number of aromatic nitrogens is 1. The van der Waals surface area contributed by atoms with Crippen molar-refractivity contribution in [3.05, 3.63) is 24.0 Å². The Morgan fingerprint density at radius 2 is 2.20 bits per heavy atom. The highest BCUT2D eigenvalue weighted by molar-refractivity contribution is 5.52. The van der Waals surface area contributed by atoms with Gasteiger partial charge in [-0.3, -0.25) is 4.98 Å². The maximum Gasteiger partial charge on any atom is 0.0601 e. The molecule has 112 valence electrons. The highest BCUT2D eigenvalue weighted by Crippen LogP contribution is 2.23. The lowest BCUT2D eigenvalue weighted by atomic mass is 10.1. The second-order valence-electron chi connectivity index (χ2n) is 6.20. The molecular weight excluding hydrogens is 248 g/mol. The summed E-state index contributed by atoms with van der Waals surface area (Å²) >= 11 is 0. The van der Waals surface area contributed by atoms with Crippen molar-refractivity contribution in [2.24, 2.45) is 0 Å². The van der Waals surface area contributed by atoms with Crippen LogP contribution in [0.15, 0.2) is 18.5 Å². The van der Waals surface area contributed by atoms with Gasteiger partial charge in [-0.2, -0.15) is 0 Å². The van der Waals surface area contributed by atoms with E-state index in [0.717, 1.165) is 19.6 Å². The molecule has 1 atom stereocenters. The first-order valence-electron chi connectivity index (χ1n) is 7.69. The first-order valence-corrected chi connectivity index (χ1v) is 7.69. The number of hydrogen-bond donors (Lipinski definition) is 1. The summed E-state index contributed by atoms with van der Waals surface area (Å²) < 4.78 is 0. The molecular formula is C16H28N4. The van der Waals surface area contributed by atoms with Crippen molar-refractivity contribution < 1.29 is 0 Å². The van der Waals surface area contributed by atoms with Crippen LogP contribution >= 0.6 is 0 Å². The normalized spacial score (nSPS) is 21.2. The fourth-order valence-electron chi connectivity index (χ4n) is 2.87. The van der Waals surface area contributed by atoms with E-state index < -0.39 is 0 Å².